The fourth-order valence-electron chi connectivity index (χ4n) is 1.85. The molecule has 98 valence electrons. The number of hydrogen-bond donors (Lipinski definition) is 0. The predicted octanol–water partition coefficient (Wildman–Crippen LogP) is 4.08. The van der Waals surface area contributed by atoms with Crippen LogP contribution in [-0.4, -0.2) is 15.2 Å². The summed E-state index contributed by atoms with van der Waals surface area (Å²) in [6.45, 7) is 6.71. The number of rotatable bonds is 5. The van der Waals surface area contributed by atoms with Crippen molar-refractivity contribution in [1.82, 2.24) is 0 Å². The smallest absolute Gasteiger partial charge is 0.142 e. The molecule has 0 N–H and O–H groups in total. The molecule has 0 saturated carbocycles. The zero-order valence-electron chi connectivity index (χ0n) is 11.7. The molecule has 0 aliphatic heterocycles. The Morgan fingerprint density at radius 2 is 1.44 bits per heavy atom. The lowest BCUT2D eigenvalue weighted by Crippen LogP contribution is -2.29. The topological polar surface area (TPSA) is 18.5 Å². The Labute approximate surface area is 111 Å². The highest BCUT2D eigenvalue weighted by atomic mass is 28.3. The van der Waals surface area contributed by atoms with Crippen LogP contribution < -0.4 is 9.47 Å². The lowest BCUT2D eigenvalue weighted by Gasteiger charge is -2.19. The molecule has 0 aliphatic carbocycles. The first-order chi connectivity index (χ1) is 8.69. The van der Waals surface area contributed by atoms with E-state index in [9.17, 15) is 0 Å². The Bertz CT molecular complexity index is 402. The molecular formula is C15H22O2Si. The first kappa shape index (κ1) is 14.7. The van der Waals surface area contributed by atoms with Gasteiger partial charge in [0.15, 0.2) is 0 Å². The summed E-state index contributed by atoms with van der Waals surface area (Å²) in [4.78, 5) is 0. The van der Waals surface area contributed by atoms with E-state index in [4.69, 9.17) is 9.47 Å². The molecule has 0 saturated heterocycles. The van der Waals surface area contributed by atoms with Crippen LogP contribution in [0.5, 0.6) is 11.5 Å². The van der Waals surface area contributed by atoms with Crippen LogP contribution in [0.3, 0.4) is 0 Å². The molecule has 0 amide bonds. The summed E-state index contributed by atoms with van der Waals surface area (Å²) in [6, 6.07) is 11.1. The van der Waals surface area contributed by atoms with Crippen LogP contribution in [0.1, 0.15) is 20.8 Å². The number of hydrogen-bond acceptors (Lipinski definition) is 2. The van der Waals surface area contributed by atoms with Gasteiger partial charge in [-0.15, -0.1) is 0 Å². The summed E-state index contributed by atoms with van der Waals surface area (Å²) < 4.78 is 10.6. The van der Waals surface area contributed by atoms with Crippen LogP contribution in [0, 0.1) is 11.7 Å². The number of benzene rings is 1. The molecule has 1 rings (SSSR count). The van der Waals surface area contributed by atoms with Gasteiger partial charge in [0.2, 0.25) is 0 Å². The summed E-state index contributed by atoms with van der Waals surface area (Å²) in [5, 5.41) is 0. The Hall–Kier alpha value is -1.40. The van der Waals surface area contributed by atoms with Gasteiger partial charge < -0.3 is 9.47 Å². The minimum absolute atomic E-state index is 0.773. The van der Waals surface area contributed by atoms with E-state index in [0.717, 1.165) is 11.5 Å². The van der Waals surface area contributed by atoms with Gasteiger partial charge in [0.05, 0.1) is 7.11 Å². The van der Waals surface area contributed by atoms with Crippen molar-refractivity contribution in [3.63, 3.8) is 0 Å². The molecule has 1 aromatic rings. The van der Waals surface area contributed by atoms with Gasteiger partial charge in [-0.05, 0) is 42.4 Å². The molecule has 0 fully saturated rings. The monoisotopic (exact) mass is 262 g/mol. The minimum atomic E-state index is -1.40. The summed E-state index contributed by atoms with van der Waals surface area (Å²) >= 11 is 0. The highest BCUT2D eigenvalue weighted by Gasteiger charge is 2.24. The van der Waals surface area contributed by atoms with E-state index in [1.807, 2.05) is 24.3 Å². The first-order valence-corrected chi connectivity index (χ1v) is 9.15. The lowest BCUT2D eigenvalue weighted by molar-refractivity contribution is 0.413. The van der Waals surface area contributed by atoms with Gasteiger partial charge in [-0.25, -0.2) is 0 Å². The average Bonchev–Trinajstić information content (AvgIpc) is 2.45. The summed E-state index contributed by atoms with van der Waals surface area (Å²) in [5.41, 5.74) is 3.39. The second-order valence-electron chi connectivity index (χ2n) is 4.35. The zero-order chi connectivity index (χ0) is 13.4. The molecule has 0 aliphatic rings. The maximum absolute atomic E-state index is 5.48. The van der Waals surface area contributed by atoms with Crippen LogP contribution in [-0.2, 0) is 0 Å². The van der Waals surface area contributed by atoms with Crippen molar-refractivity contribution in [3.05, 3.63) is 24.3 Å². The number of methoxy groups -OCH3 is 1. The third-order valence-corrected chi connectivity index (χ3v) is 8.27. The number of ether oxygens (including phenoxy) is 2. The molecule has 0 aromatic heterocycles. The summed E-state index contributed by atoms with van der Waals surface area (Å²) in [7, 11) is 0.252. The second kappa shape index (κ2) is 7.12. The van der Waals surface area contributed by atoms with Crippen LogP contribution in [0.25, 0.3) is 0 Å². The van der Waals surface area contributed by atoms with Crippen LogP contribution in [0.4, 0.5) is 0 Å². The molecule has 0 atom stereocenters. The van der Waals surface area contributed by atoms with E-state index in [1.165, 1.54) is 18.1 Å². The molecule has 2 nitrogen and oxygen atoms in total. The summed E-state index contributed by atoms with van der Waals surface area (Å²) in [5.74, 6) is 1.60. The van der Waals surface area contributed by atoms with Crippen molar-refractivity contribution >= 4 is 8.07 Å². The van der Waals surface area contributed by atoms with Gasteiger partial charge in [0.25, 0.3) is 0 Å². The van der Waals surface area contributed by atoms with Gasteiger partial charge in [0.1, 0.15) is 25.7 Å². The predicted molar refractivity (Wildman–Crippen MR) is 78.6 cm³/mol. The fraction of sp³-hybridized carbons (Fsp3) is 0.467. The van der Waals surface area contributed by atoms with E-state index in [-0.39, 0.29) is 0 Å². The molecular weight excluding hydrogens is 240 g/mol. The molecule has 0 radical (unpaired) electrons. The highest BCUT2D eigenvalue weighted by molar-refractivity contribution is 6.87. The first-order valence-electron chi connectivity index (χ1n) is 6.52. The molecule has 0 spiro atoms. The van der Waals surface area contributed by atoms with E-state index < -0.39 is 8.07 Å². The third-order valence-electron chi connectivity index (χ3n) is 3.57. The fourth-order valence-corrected chi connectivity index (χ4v) is 4.15. The van der Waals surface area contributed by atoms with E-state index in [1.54, 1.807) is 7.11 Å². The van der Waals surface area contributed by atoms with Crippen molar-refractivity contribution in [2.45, 2.75) is 38.9 Å². The van der Waals surface area contributed by atoms with E-state index in [0.29, 0.717) is 0 Å². The molecule has 18 heavy (non-hydrogen) atoms. The Morgan fingerprint density at radius 1 is 0.944 bits per heavy atom. The highest BCUT2D eigenvalue weighted by Crippen LogP contribution is 2.19. The Balaban J connectivity index is 2.69. The quantitative estimate of drug-likeness (QED) is 0.588. The van der Waals surface area contributed by atoms with Crippen molar-refractivity contribution in [2.24, 2.45) is 0 Å². The van der Waals surface area contributed by atoms with Gasteiger partial charge in [0, 0.05) is 0 Å². The normalized spacial score (nSPS) is 10.4. The van der Waals surface area contributed by atoms with Crippen molar-refractivity contribution < 1.29 is 9.47 Å². The van der Waals surface area contributed by atoms with Crippen molar-refractivity contribution in [1.29, 1.82) is 0 Å². The van der Waals surface area contributed by atoms with Gasteiger partial charge in [-0.1, -0.05) is 26.3 Å². The van der Waals surface area contributed by atoms with E-state index >= 15 is 0 Å². The molecule has 0 bridgehead atoms. The molecule has 3 heteroatoms. The molecule has 1 aromatic carbocycles. The Morgan fingerprint density at radius 3 is 1.89 bits per heavy atom. The maximum Gasteiger partial charge on any atom is 0.142 e. The average molecular weight is 262 g/mol. The minimum Gasteiger partial charge on any atom is -0.497 e. The molecule has 0 heterocycles. The van der Waals surface area contributed by atoms with Gasteiger partial charge in [-0.2, -0.15) is 0 Å². The van der Waals surface area contributed by atoms with Crippen molar-refractivity contribution in [3.8, 4) is 23.1 Å². The summed E-state index contributed by atoms with van der Waals surface area (Å²) in [6.07, 6.45) is 2.90. The zero-order valence-corrected chi connectivity index (χ0v) is 12.7. The van der Waals surface area contributed by atoms with Crippen LogP contribution in [0.15, 0.2) is 24.3 Å². The third kappa shape index (κ3) is 3.81. The van der Waals surface area contributed by atoms with Crippen molar-refractivity contribution in [2.75, 3.05) is 7.11 Å². The van der Waals surface area contributed by atoms with Crippen LogP contribution in [0.2, 0.25) is 18.1 Å². The van der Waals surface area contributed by atoms with Crippen LogP contribution >= 0.6 is 0 Å². The van der Waals surface area contributed by atoms with E-state index in [2.05, 4.69) is 32.4 Å². The molecule has 0 unspecified atom stereocenters. The van der Waals surface area contributed by atoms with Gasteiger partial charge in [-0.3, -0.25) is 0 Å². The van der Waals surface area contributed by atoms with Gasteiger partial charge >= 0.3 is 0 Å². The Kier molecular flexibility index (Phi) is 5.80. The lowest BCUT2D eigenvalue weighted by atomic mass is 10.3. The maximum atomic E-state index is 5.48. The standard InChI is InChI=1S/C15H22O2Si/c1-5-18(6-2,7-3)13-12-17-15-10-8-14(16-4)9-11-15/h8-11H,5-7H2,1-4H3. The largest absolute Gasteiger partial charge is 0.497 e. The second-order valence-corrected chi connectivity index (χ2v) is 9.28. The SMILES string of the molecule is CC[Si](C#COc1ccc(OC)cc1)(CC)CC.